The normalized spacial score (nSPS) is 14.7. The van der Waals surface area contributed by atoms with Crippen molar-refractivity contribution in [1.82, 2.24) is 4.57 Å². The molecule has 0 amide bonds. The Kier molecular flexibility index (Phi) is 8.74. The van der Waals surface area contributed by atoms with Crippen molar-refractivity contribution in [1.29, 1.82) is 0 Å². The fraction of sp³-hybridized carbons (Fsp3) is 0.194. The third-order valence-corrected chi connectivity index (χ3v) is 9.16. The SMILES string of the molecule is CCOC(=O)C1=C(C)N=c2s/c(=C\c3cc(Br)cc(OC)c3OCc3cccc4ccccc34)c(=O)n2[C@@H]1c1ccc(C)cc1. The number of hydrogen-bond donors (Lipinski definition) is 0. The zero-order chi connectivity index (χ0) is 31.7. The first-order valence-corrected chi connectivity index (χ1v) is 16.1. The van der Waals surface area contributed by atoms with Crippen LogP contribution in [0.5, 0.6) is 11.5 Å². The summed E-state index contributed by atoms with van der Waals surface area (Å²) in [5, 5.41) is 2.23. The van der Waals surface area contributed by atoms with Crippen LogP contribution in [0.15, 0.2) is 104 Å². The van der Waals surface area contributed by atoms with Gasteiger partial charge in [0.25, 0.3) is 5.56 Å². The molecule has 1 aromatic heterocycles. The second-order valence-electron chi connectivity index (χ2n) is 10.7. The predicted molar refractivity (Wildman–Crippen MR) is 181 cm³/mol. The van der Waals surface area contributed by atoms with E-state index in [0.717, 1.165) is 31.9 Å². The molecule has 0 aliphatic carbocycles. The number of allylic oxidation sites excluding steroid dienone is 1. The Balaban J connectivity index is 1.48. The van der Waals surface area contributed by atoms with Crippen LogP contribution in [0.25, 0.3) is 16.8 Å². The van der Waals surface area contributed by atoms with Gasteiger partial charge in [0.1, 0.15) is 6.61 Å². The van der Waals surface area contributed by atoms with Gasteiger partial charge in [0, 0.05) is 10.0 Å². The summed E-state index contributed by atoms with van der Waals surface area (Å²) in [7, 11) is 1.59. The van der Waals surface area contributed by atoms with Gasteiger partial charge in [-0.15, -0.1) is 0 Å². The molecule has 5 aromatic rings. The van der Waals surface area contributed by atoms with Gasteiger partial charge in [-0.2, -0.15) is 0 Å². The maximum Gasteiger partial charge on any atom is 0.338 e. The molecule has 6 rings (SSSR count). The van der Waals surface area contributed by atoms with Crippen LogP contribution in [-0.4, -0.2) is 24.3 Å². The van der Waals surface area contributed by atoms with Crippen molar-refractivity contribution >= 4 is 50.1 Å². The van der Waals surface area contributed by atoms with Gasteiger partial charge in [0.15, 0.2) is 16.3 Å². The lowest BCUT2D eigenvalue weighted by molar-refractivity contribution is -0.139. The highest BCUT2D eigenvalue weighted by Gasteiger charge is 2.33. The second kappa shape index (κ2) is 12.9. The van der Waals surface area contributed by atoms with Crippen LogP contribution in [0.3, 0.4) is 0 Å². The molecule has 0 saturated carbocycles. The van der Waals surface area contributed by atoms with Gasteiger partial charge in [-0.25, -0.2) is 9.79 Å². The van der Waals surface area contributed by atoms with E-state index in [1.165, 1.54) is 11.3 Å². The molecule has 1 aliphatic heterocycles. The molecule has 0 unspecified atom stereocenters. The number of rotatable bonds is 8. The maximum atomic E-state index is 14.2. The predicted octanol–water partition coefficient (Wildman–Crippen LogP) is 6.61. The van der Waals surface area contributed by atoms with Crippen LogP contribution >= 0.6 is 27.3 Å². The molecule has 0 fully saturated rings. The Morgan fingerprint density at radius 1 is 1.04 bits per heavy atom. The van der Waals surface area contributed by atoms with Crippen molar-refractivity contribution in [2.75, 3.05) is 13.7 Å². The van der Waals surface area contributed by atoms with E-state index in [4.69, 9.17) is 19.2 Å². The third kappa shape index (κ3) is 5.98. The number of esters is 1. The van der Waals surface area contributed by atoms with E-state index in [1.54, 1.807) is 31.6 Å². The van der Waals surface area contributed by atoms with Crippen LogP contribution < -0.4 is 24.4 Å². The molecule has 228 valence electrons. The van der Waals surface area contributed by atoms with Gasteiger partial charge in [0.05, 0.1) is 35.6 Å². The zero-order valence-electron chi connectivity index (χ0n) is 25.3. The summed E-state index contributed by atoms with van der Waals surface area (Å²) in [6.07, 6.45) is 1.80. The van der Waals surface area contributed by atoms with Crippen LogP contribution in [0.2, 0.25) is 0 Å². The lowest BCUT2D eigenvalue weighted by Gasteiger charge is -2.24. The van der Waals surface area contributed by atoms with E-state index in [1.807, 2.05) is 67.6 Å². The van der Waals surface area contributed by atoms with Gasteiger partial charge >= 0.3 is 5.97 Å². The fourth-order valence-electron chi connectivity index (χ4n) is 5.57. The zero-order valence-corrected chi connectivity index (χ0v) is 27.7. The van der Waals surface area contributed by atoms with Crippen LogP contribution in [0.4, 0.5) is 0 Å². The van der Waals surface area contributed by atoms with E-state index >= 15 is 0 Å². The number of halogens is 1. The van der Waals surface area contributed by atoms with Gasteiger partial charge in [0.2, 0.25) is 0 Å². The van der Waals surface area contributed by atoms with Gasteiger partial charge in [-0.3, -0.25) is 9.36 Å². The van der Waals surface area contributed by atoms with Crippen LogP contribution in [-0.2, 0) is 16.1 Å². The molecule has 0 N–H and O–H groups in total. The number of thiazole rings is 1. The smallest absolute Gasteiger partial charge is 0.338 e. The third-order valence-electron chi connectivity index (χ3n) is 7.72. The minimum atomic E-state index is -0.679. The molecular weight excluding hydrogens is 652 g/mol. The van der Waals surface area contributed by atoms with Crippen molar-refractivity contribution in [2.45, 2.75) is 33.4 Å². The Morgan fingerprint density at radius 2 is 1.80 bits per heavy atom. The average Bonchev–Trinajstić information content (AvgIpc) is 3.33. The molecule has 0 bridgehead atoms. The summed E-state index contributed by atoms with van der Waals surface area (Å²) in [4.78, 5) is 32.6. The molecule has 0 saturated heterocycles. The Morgan fingerprint density at radius 3 is 2.56 bits per heavy atom. The summed E-state index contributed by atoms with van der Waals surface area (Å²) in [5.41, 5.74) is 4.18. The molecule has 1 aliphatic rings. The molecule has 0 radical (unpaired) electrons. The number of ether oxygens (including phenoxy) is 3. The molecule has 0 spiro atoms. The summed E-state index contributed by atoms with van der Waals surface area (Å²) in [5.74, 6) is 0.555. The van der Waals surface area contributed by atoms with Crippen molar-refractivity contribution in [3.05, 3.63) is 137 Å². The molecule has 4 aromatic carbocycles. The van der Waals surface area contributed by atoms with Crippen LogP contribution in [0, 0.1) is 6.92 Å². The highest BCUT2D eigenvalue weighted by Crippen LogP contribution is 2.37. The number of aryl methyl sites for hydroxylation is 1. The molecule has 2 heterocycles. The average molecular weight is 684 g/mol. The Labute approximate surface area is 272 Å². The number of carbonyl (C=O) groups excluding carboxylic acids is 1. The quantitative estimate of drug-likeness (QED) is 0.172. The summed E-state index contributed by atoms with van der Waals surface area (Å²) in [6.45, 7) is 6.05. The largest absolute Gasteiger partial charge is 0.493 e. The minimum absolute atomic E-state index is 0.215. The van der Waals surface area contributed by atoms with E-state index in [2.05, 4.69) is 34.1 Å². The van der Waals surface area contributed by atoms with Gasteiger partial charge < -0.3 is 14.2 Å². The number of hydrogen-bond acceptors (Lipinski definition) is 7. The standard InChI is InChI=1S/C36H31BrN2O5S/c1-5-43-35(41)31-22(3)38-36-39(32(31)24-15-13-21(2)14-16-24)34(40)30(45-36)18-26-17-27(37)19-29(42-4)33(26)44-20-25-11-8-10-23-9-6-7-12-28(23)25/h6-19,32H,5,20H2,1-4H3/b30-18-/t32-/m1/s1. The van der Waals surface area contributed by atoms with Crippen molar-refractivity contribution in [2.24, 2.45) is 4.99 Å². The van der Waals surface area contributed by atoms with Crippen molar-refractivity contribution < 1.29 is 19.0 Å². The lowest BCUT2D eigenvalue weighted by atomic mass is 9.95. The minimum Gasteiger partial charge on any atom is -0.493 e. The fourth-order valence-corrected chi connectivity index (χ4v) is 7.06. The number of fused-ring (bicyclic) bond motifs is 2. The summed E-state index contributed by atoms with van der Waals surface area (Å²) >= 11 is 4.85. The molecule has 7 nitrogen and oxygen atoms in total. The highest BCUT2D eigenvalue weighted by atomic mass is 79.9. The lowest BCUT2D eigenvalue weighted by Crippen LogP contribution is -2.39. The summed E-state index contributed by atoms with van der Waals surface area (Å²) in [6, 6.07) is 25.2. The Hall–Kier alpha value is -4.47. The molecule has 45 heavy (non-hydrogen) atoms. The first kappa shape index (κ1) is 30.6. The first-order chi connectivity index (χ1) is 21.8. The Bertz CT molecular complexity index is 2140. The topological polar surface area (TPSA) is 79.1 Å². The first-order valence-electron chi connectivity index (χ1n) is 14.5. The molecular formula is C36H31BrN2O5S. The van der Waals surface area contributed by atoms with Crippen LogP contribution in [0.1, 0.15) is 42.1 Å². The maximum absolute atomic E-state index is 14.2. The monoisotopic (exact) mass is 682 g/mol. The van der Waals surface area contributed by atoms with E-state index in [-0.39, 0.29) is 12.2 Å². The summed E-state index contributed by atoms with van der Waals surface area (Å²) < 4.78 is 20.4. The number of carbonyl (C=O) groups is 1. The molecule has 1 atom stereocenters. The number of nitrogens with zero attached hydrogens (tertiary/aromatic N) is 2. The number of benzene rings is 4. The van der Waals surface area contributed by atoms with E-state index in [0.29, 0.717) is 44.3 Å². The second-order valence-corrected chi connectivity index (χ2v) is 12.6. The van der Waals surface area contributed by atoms with E-state index in [9.17, 15) is 9.59 Å². The van der Waals surface area contributed by atoms with Crippen molar-refractivity contribution in [3.8, 4) is 11.5 Å². The van der Waals surface area contributed by atoms with Gasteiger partial charge in [-0.05, 0) is 60.9 Å². The van der Waals surface area contributed by atoms with Gasteiger partial charge in [-0.1, -0.05) is 99.6 Å². The highest BCUT2D eigenvalue weighted by molar-refractivity contribution is 9.10. The van der Waals surface area contributed by atoms with Crippen molar-refractivity contribution in [3.63, 3.8) is 0 Å². The van der Waals surface area contributed by atoms with E-state index < -0.39 is 12.0 Å². The number of aromatic nitrogens is 1. The molecule has 9 heteroatoms. The number of methoxy groups -OCH3 is 1.